The third-order valence-electron chi connectivity index (χ3n) is 4.19. The van der Waals surface area contributed by atoms with E-state index in [2.05, 4.69) is 0 Å². The molecule has 1 atom stereocenters. The number of piperidine rings is 1. The van der Waals surface area contributed by atoms with Crippen molar-refractivity contribution in [3.8, 4) is 5.75 Å². The number of carboxylic acids is 1. The number of amides is 1. The van der Waals surface area contributed by atoms with Crippen LogP contribution in [0.2, 0.25) is 0 Å². The fraction of sp³-hybridized carbons (Fsp3) is 0.500. The number of hydrogen-bond donors (Lipinski definition) is 1. The molecule has 1 aromatic rings. The van der Waals surface area contributed by atoms with Gasteiger partial charge in [0.25, 0.3) is 0 Å². The molecule has 0 aliphatic carbocycles. The molecule has 1 aliphatic rings. The molecule has 1 unspecified atom stereocenters. The topological polar surface area (TPSA) is 83.9 Å². The van der Waals surface area contributed by atoms with Crippen LogP contribution in [0.1, 0.15) is 43.0 Å². The summed E-state index contributed by atoms with van der Waals surface area (Å²) < 4.78 is 5.56. The Bertz CT molecular complexity index is 596. The highest BCUT2D eigenvalue weighted by atomic mass is 16.5. The van der Waals surface area contributed by atoms with Gasteiger partial charge in [-0.05, 0) is 50.5 Å². The number of benzene rings is 1. The quantitative estimate of drug-likeness (QED) is 0.612. The summed E-state index contributed by atoms with van der Waals surface area (Å²) in [5.74, 6) is -0.621. The Balaban J connectivity index is 1.70. The second-order valence-corrected chi connectivity index (χ2v) is 6.05. The van der Waals surface area contributed by atoms with Gasteiger partial charge in [-0.3, -0.25) is 14.4 Å². The lowest BCUT2D eigenvalue weighted by atomic mass is 9.98. The maximum atomic E-state index is 12.1. The molecule has 130 valence electrons. The maximum absolute atomic E-state index is 12.1. The standard InChI is InChI=1S/C18H23NO5/c1-13(20)14-6-8-16(9-7-14)24-11-3-5-17(21)19-10-2-4-15(12-19)18(22)23/h6-9,15H,2-5,10-12H2,1H3,(H,22,23). The average Bonchev–Trinajstić information content (AvgIpc) is 2.59. The molecule has 0 bridgehead atoms. The lowest BCUT2D eigenvalue weighted by Crippen LogP contribution is -2.42. The summed E-state index contributed by atoms with van der Waals surface area (Å²) in [6.45, 7) is 2.86. The van der Waals surface area contributed by atoms with Crippen molar-refractivity contribution >= 4 is 17.7 Å². The molecule has 1 saturated heterocycles. The van der Waals surface area contributed by atoms with Crippen molar-refractivity contribution in [2.45, 2.75) is 32.6 Å². The van der Waals surface area contributed by atoms with Crippen LogP contribution in [0.3, 0.4) is 0 Å². The van der Waals surface area contributed by atoms with Gasteiger partial charge in [0.2, 0.25) is 5.91 Å². The number of carboxylic acid groups (broad SMARTS) is 1. The van der Waals surface area contributed by atoms with Gasteiger partial charge in [0.1, 0.15) is 5.75 Å². The molecule has 1 N–H and O–H groups in total. The number of aliphatic carboxylic acids is 1. The molecule has 1 amide bonds. The van der Waals surface area contributed by atoms with E-state index < -0.39 is 11.9 Å². The third-order valence-corrected chi connectivity index (χ3v) is 4.19. The lowest BCUT2D eigenvalue weighted by Gasteiger charge is -2.30. The number of ether oxygens (including phenoxy) is 1. The number of nitrogens with zero attached hydrogens (tertiary/aromatic N) is 1. The number of carbonyl (C=O) groups excluding carboxylic acids is 2. The highest BCUT2D eigenvalue weighted by Gasteiger charge is 2.27. The summed E-state index contributed by atoms with van der Waals surface area (Å²) in [7, 11) is 0. The predicted octanol–water partition coefficient (Wildman–Crippen LogP) is 2.37. The summed E-state index contributed by atoms with van der Waals surface area (Å²) in [6, 6.07) is 6.90. The highest BCUT2D eigenvalue weighted by Crippen LogP contribution is 2.18. The lowest BCUT2D eigenvalue weighted by molar-refractivity contribution is -0.145. The Morgan fingerprint density at radius 2 is 1.96 bits per heavy atom. The van der Waals surface area contributed by atoms with Crippen LogP contribution in [-0.2, 0) is 9.59 Å². The van der Waals surface area contributed by atoms with E-state index in [1.807, 2.05) is 0 Å². The molecule has 0 spiro atoms. The molecule has 6 heteroatoms. The monoisotopic (exact) mass is 333 g/mol. The van der Waals surface area contributed by atoms with Gasteiger partial charge < -0.3 is 14.7 Å². The Labute approximate surface area is 141 Å². The van der Waals surface area contributed by atoms with E-state index >= 15 is 0 Å². The summed E-state index contributed by atoms with van der Waals surface area (Å²) >= 11 is 0. The zero-order chi connectivity index (χ0) is 17.5. The largest absolute Gasteiger partial charge is 0.494 e. The van der Waals surface area contributed by atoms with E-state index in [1.54, 1.807) is 29.2 Å². The molecular weight excluding hydrogens is 310 g/mol. The van der Waals surface area contributed by atoms with Crippen LogP contribution in [0.15, 0.2) is 24.3 Å². The van der Waals surface area contributed by atoms with E-state index in [1.165, 1.54) is 6.92 Å². The fourth-order valence-electron chi connectivity index (χ4n) is 2.76. The van der Waals surface area contributed by atoms with E-state index in [-0.39, 0.29) is 11.7 Å². The second-order valence-electron chi connectivity index (χ2n) is 6.05. The normalized spacial score (nSPS) is 17.4. The van der Waals surface area contributed by atoms with Crippen molar-refractivity contribution < 1.29 is 24.2 Å². The minimum absolute atomic E-state index is 0.00773. The molecule has 1 aromatic carbocycles. The minimum Gasteiger partial charge on any atom is -0.494 e. The summed E-state index contributed by atoms with van der Waals surface area (Å²) in [5.41, 5.74) is 0.635. The van der Waals surface area contributed by atoms with E-state index in [9.17, 15) is 14.4 Å². The van der Waals surface area contributed by atoms with Crippen molar-refractivity contribution in [3.63, 3.8) is 0 Å². The second kappa shape index (κ2) is 8.47. The van der Waals surface area contributed by atoms with Crippen LogP contribution in [-0.4, -0.2) is 47.4 Å². The van der Waals surface area contributed by atoms with Crippen LogP contribution < -0.4 is 4.74 Å². The van der Waals surface area contributed by atoms with Crippen LogP contribution in [0.4, 0.5) is 0 Å². The van der Waals surface area contributed by atoms with Gasteiger partial charge in [-0.2, -0.15) is 0 Å². The molecule has 0 radical (unpaired) electrons. The maximum Gasteiger partial charge on any atom is 0.308 e. The van der Waals surface area contributed by atoms with Gasteiger partial charge in [0.05, 0.1) is 12.5 Å². The first kappa shape index (κ1) is 18.0. The Morgan fingerprint density at radius 3 is 2.58 bits per heavy atom. The van der Waals surface area contributed by atoms with Crippen molar-refractivity contribution in [2.24, 2.45) is 5.92 Å². The van der Waals surface area contributed by atoms with Gasteiger partial charge >= 0.3 is 5.97 Å². The first-order valence-electron chi connectivity index (χ1n) is 8.21. The number of carbonyl (C=O) groups is 3. The molecule has 0 saturated carbocycles. The van der Waals surface area contributed by atoms with Gasteiger partial charge in [-0.15, -0.1) is 0 Å². The van der Waals surface area contributed by atoms with Crippen molar-refractivity contribution in [2.75, 3.05) is 19.7 Å². The Kier molecular flexibility index (Phi) is 6.35. The Hall–Kier alpha value is -2.37. The summed E-state index contributed by atoms with van der Waals surface area (Å²) in [4.78, 5) is 36.0. The van der Waals surface area contributed by atoms with E-state index in [0.29, 0.717) is 50.3 Å². The number of ketones is 1. The number of Topliss-reactive ketones (excluding diaryl/α,β-unsaturated/α-hetero) is 1. The summed E-state index contributed by atoms with van der Waals surface area (Å²) in [5, 5.41) is 9.05. The van der Waals surface area contributed by atoms with Crippen LogP contribution in [0, 0.1) is 5.92 Å². The zero-order valence-corrected chi connectivity index (χ0v) is 13.9. The molecule has 24 heavy (non-hydrogen) atoms. The van der Waals surface area contributed by atoms with Crippen molar-refractivity contribution in [3.05, 3.63) is 29.8 Å². The smallest absolute Gasteiger partial charge is 0.308 e. The highest BCUT2D eigenvalue weighted by molar-refractivity contribution is 5.94. The van der Waals surface area contributed by atoms with E-state index in [4.69, 9.17) is 9.84 Å². The van der Waals surface area contributed by atoms with Gasteiger partial charge in [0.15, 0.2) is 5.78 Å². The predicted molar refractivity (Wildman–Crippen MR) is 88.1 cm³/mol. The number of likely N-dealkylation sites (tertiary alicyclic amines) is 1. The van der Waals surface area contributed by atoms with Crippen LogP contribution in [0.5, 0.6) is 5.75 Å². The van der Waals surface area contributed by atoms with Crippen LogP contribution >= 0.6 is 0 Å². The SMILES string of the molecule is CC(=O)c1ccc(OCCCC(=O)N2CCCC(C(=O)O)C2)cc1. The average molecular weight is 333 g/mol. The number of rotatable bonds is 7. The first-order valence-corrected chi connectivity index (χ1v) is 8.21. The molecule has 6 nitrogen and oxygen atoms in total. The molecule has 1 fully saturated rings. The molecule has 1 aliphatic heterocycles. The Morgan fingerprint density at radius 1 is 1.25 bits per heavy atom. The van der Waals surface area contributed by atoms with Crippen molar-refractivity contribution in [1.82, 2.24) is 4.90 Å². The molecule has 1 heterocycles. The zero-order valence-electron chi connectivity index (χ0n) is 13.9. The molecule has 2 rings (SSSR count). The molecular formula is C18H23NO5. The van der Waals surface area contributed by atoms with Crippen molar-refractivity contribution in [1.29, 1.82) is 0 Å². The number of hydrogen-bond acceptors (Lipinski definition) is 4. The summed E-state index contributed by atoms with van der Waals surface area (Å²) in [6.07, 6.45) is 2.29. The molecule has 0 aromatic heterocycles. The van der Waals surface area contributed by atoms with Gasteiger partial charge in [-0.25, -0.2) is 0 Å². The van der Waals surface area contributed by atoms with E-state index in [0.717, 1.165) is 6.42 Å². The first-order chi connectivity index (χ1) is 11.5. The third kappa shape index (κ3) is 5.08. The fourth-order valence-corrected chi connectivity index (χ4v) is 2.76. The van der Waals surface area contributed by atoms with Crippen LogP contribution in [0.25, 0.3) is 0 Å². The van der Waals surface area contributed by atoms with Gasteiger partial charge in [0, 0.05) is 25.1 Å². The minimum atomic E-state index is -0.829. The van der Waals surface area contributed by atoms with Gasteiger partial charge in [-0.1, -0.05) is 0 Å².